The van der Waals surface area contributed by atoms with Crippen molar-refractivity contribution in [3.63, 3.8) is 0 Å². The van der Waals surface area contributed by atoms with E-state index < -0.39 is 10.0 Å². The third-order valence-electron chi connectivity index (χ3n) is 3.21. The molecule has 11 heteroatoms. The molecule has 130 valence electrons. The third kappa shape index (κ3) is 3.68. The lowest BCUT2D eigenvalue weighted by atomic mass is 10.2. The molecule has 0 bridgehead atoms. The molecule has 0 unspecified atom stereocenters. The molecule has 0 aliphatic rings. The highest BCUT2D eigenvalue weighted by molar-refractivity contribution is 7.92. The van der Waals surface area contributed by atoms with Crippen LogP contribution in [0.25, 0.3) is 5.69 Å². The van der Waals surface area contributed by atoms with Crippen LogP contribution in [0.4, 0.5) is 5.69 Å². The zero-order chi connectivity index (χ0) is 18.0. The molecule has 3 aromatic rings. The van der Waals surface area contributed by atoms with Crippen molar-refractivity contribution >= 4 is 38.9 Å². The van der Waals surface area contributed by atoms with Crippen molar-refractivity contribution in [1.82, 2.24) is 20.2 Å². The highest BCUT2D eigenvalue weighted by Gasteiger charge is 2.19. The number of tetrazole rings is 1. The van der Waals surface area contributed by atoms with E-state index >= 15 is 0 Å². The summed E-state index contributed by atoms with van der Waals surface area (Å²) in [5.74, 6) is 0.469. The molecule has 8 nitrogen and oxygen atoms in total. The molecule has 0 fully saturated rings. The second-order valence-corrected chi connectivity index (χ2v) is 7.32. The Bertz CT molecular complexity index is 1010. The molecular weight excluding hydrogens is 389 g/mol. The lowest BCUT2D eigenvalue weighted by Crippen LogP contribution is -2.14. The number of hydrogen-bond acceptors (Lipinski definition) is 6. The molecule has 0 aliphatic heterocycles. The van der Waals surface area contributed by atoms with Crippen LogP contribution in [0.3, 0.4) is 0 Å². The Morgan fingerprint density at radius 2 is 1.96 bits per heavy atom. The maximum atomic E-state index is 12.6. The predicted molar refractivity (Wildman–Crippen MR) is 93.0 cm³/mol. The Hall–Kier alpha value is -2.36. The van der Waals surface area contributed by atoms with E-state index in [1.54, 1.807) is 12.1 Å². The number of ether oxygens (including phenoxy) is 1. The second kappa shape index (κ2) is 6.87. The summed E-state index contributed by atoms with van der Waals surface area (Å²) in [6, 6.07) is 8.87. The fraction of sp³-hybridized carbons (Fsp3) is 0.0714. The summed E-state index contributed by atoms with van der Waals surface area (Å²) in [6.07, 6.45) is 1.37. The van der Waals surface area contributed by atoms with Gasteiger partial charge in [-0.15, -0.1) is 5.10 Å². The maximum absolute atomic E-state index is 12.6. The Morgan fingerprint density at radius 1 is 1.16 bits per heavy atom. The summed E-state index contributed by atoms with van der Waals surface area (Å²) in [7, 11) is -2.45. The number of hydrogen-bond donors (Lipinski definition) is 1. The minimum Gasteiger partial charge on any atom is -0.494 e. The number of methoxy groups -OCH3 is 1. The van der Waals surface area contributed by atoms with Gasteiger partial charge in [-0.3, -0.25) is 4.72 Å². The Labute approximate surface area is 153 Å². The fourth-order valence-corrected chi connectivity index (χ4v) is 3.91. The SMILES string of the molecule is COc1ccc(NS(=O)(=O)c2cc(Cl)ccc2Cl)cc1-n1cnnn1. The summed E-state index contributed by atoms with van der Waals surface area (Å²) >= 11 is 11.8. The summed E-state index contributed by atoms with van der Waals surface area (Å²) in [6.45, 7) is 0. The van der Waals surface area contributed by atoms with Crippen LogP contribution in [0.5, 0.6) is 5.75 Å². The van der Waals surface area contributed by atoms with Gasteiger partial charge in [0.1, 0.15) is 22.7 Å². The summed E-state index contributed by atoms with van der Waals surface area (Å²) in [4.78, 5) is -0.124. The number of sulfonamides is 1. The first-order valence-electron chi connectivity index (χ1n) is 6.80. The van der Waals surface area contributed by atoms with Crippen molar-refractivity contribution in [3.05, 3.63) is 52.8 Å². The number of benzene rings is 2. The van der Waals surface area contributed by atoms with Gasteiger partial charge in [0.25, 0.3) is 10.0 Å². The van der Waals surface area contributed by atoms with Crippen molar-refractivity contribution in [2.24, 2.45) is 0 Å². The standard InChI is InChI=1S/C14H11Cl2N5O3S/c1-24-13-5-3-10(7-12(13)21-8-17-19-20-21)18-25(22,23)14-6-9(15)2-4-11(14)16/h2-8,18H,1H3. The van der Waals surface area contributed by atoms with E-state index in [1.807, 2.05) is 0 Å². The molecule has 3 rings (SSSR count). The van der Waals surface area contributed by atoms with Gasteiger partial charge in [-0.05, 0) is 46.8 Å². The quantitative estimate of drug-likeness (QED) is 0.707. The van der Waals surface area contributed by atoms with Gasteiger partial charge in [0.2, 0.25) is 0 Å². The maximum Gasteiger partial charge on any atom is 0.263 e. The van der Waals surface area contributed by atoms with E-state index in [0.717, 1.165) is 0 Å². The van der Waals surface area contributed by atoms with E-state index in [4.69, 9.17) is 27.9 Å². The van der Waals surface area contributed by atoms with Crippen LogP contribution < -0.4 is 9.46 Å². The largest absolute Gasteiger partial charge is 0.494 e. The molecule has 0 atom stereocenters. The average molecular weight is 400 g/mol. The number of rotatable bonds is 5. The van der Waals surface area contributed by atoms with Crippen molar-refractivity contribution in [1.29, 1.82) is 0 Å². The van der Waals surface area contributed by atoms with Crippen LogP contribution in [-0.4, -0.2) is 35.7 Å². The predicted octanol–water partition coefficient (Wildman–Crippen LogP) is 2.78. The van der Waals surface area contributed by atoms with Gasteiger partial charge in [0.15, 0.2) is 0 Å². The molecule has 0 saturated heterocycles. The lowest BCUT2D eigenvalue weighted by Gasteiger charge is -2.13. The number of nitrogens with zero attached hydrogens (tertiary/aromatic N) is 4. The lowest BCUT2D eigenvalue weighted by molar-refractivity contribution is 0.411. The molecule has 25 heavy (non-hydrogen) atoms. The second-order valence-electron chi connectivity index (χ2n) is 4.82. The summed E-state index contributed by atoms with van der Waals surface area (Å²) in [5, 5.41) is 11.2. The molecule has 1 N–H and O–H groups in total. The molecule has 0 radical (unpaired) electrons. The third-order valence-corrected chi connectivity index (χ3v) is 5.31. The molecule has 0 amide bonds. The monoisotopic (exact) mass is 399 g/mol. The first-order valence-corrected chi connectivity index (χ1v) is 9.04. The minimum absolute atomic E-state index is 0.0612. The highest BCUT2D eigenvalue weighted by Crippen LogP contribution is 2.29. The molecule has 2 aromatic carbocycles. The molecular formula is C14H11Cl2N5O3S. The van der Waals surface area contributed by atoms with Gasteiger partial charge in [-0.1, -0.05) is 23.2 Å². The van der Waals surface area contributed by atoms with Crippen molar-refractivity contribution in [3.8, 4) is 11.4 Å². The average Bonchev–Trinajstić information content (AvgIpc) is 3.11. The molecule has 1 aromatic heterocycles. The van der Waals surface area contributed by atoms with Crippen molar-refractivity contribution in [2.75, 3.05) is 11.8 Å². The highest BCUT2D eigenvalue weighted by atomic mass is 35.5. The van der Waals surface area contributed by atoms with Crippen LogP contribution in [0.15, 0.2) is 47.6 Å². The number of nitrogens with one attached hydrogen (secondary N) is 1. The van der Waals surface area contributed by atoms with E-state index in [1.165, 1.54) is 42.4 Å². The van der Waals surface area contributed by atoms with E-state index in [2.05, 4.69) is 20.2 Å². The topological polar surface area (TPSA) is 99.0 Å². The van der Waals surface area contributed by atoms with Gasteiger partial charge in [0.05, 0.1) is 17.8 Å². The number of aromatic nitrogens is 4. The van der Waals surface area contributed by atoms with Crippen LogP contribution in [0.2, 0.25) is 10.0 Å². The van der Waals surface area contributed by atoms with Gasteiger partial charge >= 0.3 is 0 Å². The van der Waals surface area contributed by atoms with Crippen LogP contribution in [-0.2, 0) is 10.0 Å². The number of halogens is 2. The van der Waals surface area contributed by atoms with Crippen molar-refractivity contribution < 1.29 is 13.2 Å². The molecule has 0 aliphatic carbocycles. The molecule has 0 saturated carbocycles. The molecule has 1 heterocycles. The van der Waals surface area contributed by atoms with Gasteiger partial charge in [0, 0.05) is 5.02 Å². The van der Waals surface area contributed by atoms with Crippen LogP contribution in [0.1, 0.15) is 0 Å². The summed E-state index contributed by atoms with van der Waals surface area (Å²) in [5.41, 5.74) is 0.743. The smallest absolute Gasteiger partial charge is 0.263 e. The van der Waals surface area contributed by atoms with E-state index in [0.29, 0.717) is 11.4 Å². The Morgan fingerprint density at radius 3 is 2.64 bits per heavy atom. The van der Waals surface area contributed by atoms with Gasteiger partial charge in [-0.25, -0.2) is 8.42 Å². The normalized spacial score (nSPS) is 11.3. The Kier molecular flexibility index (Phi) is 4.80. The van der Waals surface area contributed by atoms with Gasteiger partial charge in [-0.2, -0.15) is 4.68 Å². The first kappa shape index (κ1) is 17.5. The van der Waals surface area contributed by atoms with Crippen molar-refractivity contribution in [2.45, 2.75) is 4.90 Å². The first-order chi connectivity index (χ1) is 11.9. The summed E-state index contributed by atoms with van der Waals surface area (Å²) < 4.78 is 34.2. The Balaban J connectivity index is 2.00. The van der Waals surface area contributed by atoms with Gasteiger partial charge < -0.3 is 4.74 Å². The minimum atomic E-state index is -3.94. The van der Waals surface area contributed by atoms with Crippen LogP contribution in [0, 0.1) is 0 Å². The molecule has 0 spiro atoms. The zero-order valence-electron chi connectivity index (χ0n) is 12.7. The fourth-order valence-electron chi connectivity index (χ4n) is 2.10. The van der Waals surface area contributed by atoms with Crippen LogP contribution >= 0.6 is 23.2 Å². The zero-order valence-corrected chi connectivity index (χ0v) is 15.0. The van der Waals surface area contributed by atoms with E-state index in [-0.39, 0.29) is 20.6 Å². The number of anilines is 1. The van der Waals surface area contributed by atoms with E-state index in [9.17, 15) is 8.42 Å².